The van der Waals surface area contributed by atoms with Crippen LogP contribution in [0.1, 0.15) is 41.6 Å². The Hall–Kier alpha value is -2.38. The SMILES string of the molecule is CC(C)n1ncc2ccc(NC(=O)c3n[nH]c4c3CNCC4)cc21.Cl. The Morgan fingerprint density at radius 2 is 2.20 bits per heavy atom. The second-order valence-electron chi connectivity index (χ2n) is 6.37. The van der Waals surface area contributed by atoms with Crippen molar-refractivity contribution < 1.29 is 4.79 Å². The molecule has 0 fully saturated rings. The van der Waals surface area contributed by atoms with Gasteiger partial charge >= 0.3 is 0 Å². The first-order valence-corrected chi connectivity index (χ1v) is 8.19. The zero-order valence-electron chi connectivity index (χ0n) is 14.2. The number of hydrogen-bond donors (Lipinski definition) is 3. The smallest absolute Gasteiger partial charge is 0.276 e. The molecule has 0 bridgehead atoms. The zero-order chi connectivity index (χ0) is 16.7. The molecule has 3 N–H and O–H groups in total. The van der Waals surface area contributed by atoms with Gasteiger partial charge in [0.1, 0.15) is 0 Å². The van der Waals surface area contributed by atoms with E-state index in [0.29, 0.717) is 12.2 Å². The summed E-state index contributed by atoms with van der Waals surface area (Å²) in [7, 11) is 0. The Kier molecular flexibility index (Phi) is 4.78. The number of rotatable bonds is 3. The van der Waals surface area contributed by atoms with Crippen molar-refractivity contribution in [3.8, 4) is 0 Å². The number of nitrogens with one attached hydrogen (secondary N) is 3. The molecule has 0 unspecified atom stereocenters. The van der Waals surface area contributed by atoms with Gasteiger partial charge in [-0.25, -0.2) is 0 Å². The van der Waals surface area contributed by atoms with Crippen LogP contribution in [0.2, 0.25) is 0 Å². The highest BCUT2D eigenvalue weighted by molar-refractivity contribution is 6.04. The largest absolute Gasteiger partial charge is 0.321 e. The molecule has 1 aliphatic heterocycles. The molecule has 7 nitrogen and oxygen atoms in total. The highest BCUT2D eigenvalue weighted by Gasteiger charge is 2.21. The second-order valence-corrected chi connectivity index (χ2v) is 6.37. The molecule has 25 heavy (non-hydrogen) atoms. The number of nitrogens with zero attached hydrogens (tertiary/aromatic N) is 3. The first-order chi connectivity index (χ1) is 11.6. The molecular weight excluding hydrogens is 340 g/mol. The van der Waals surface area contributed by atoms with Crippen LogP contribution in [0.25, 0.3) is 10.9 Å². The summed E-state index contributed by atoms with van der Waals surface area (Å²) in [5, 5.41) is 18.9. The summed E-state index contributed by atoms with van der Waals surface area (Å²) in [4.78, 5) is 12.6. The Morgan fingerprint density at radius 1 is 1.36 bits per heavy atom. The molecule has 3 aromatic rings. The third kappa shape index (κ3) is 3.12. The van der Waals surface area contributed by atoms with E-state index in [0.717, 1.165) is 40.8 Å². The van der Waals surface area contributed by atoms with Crippen LogP contribution in [-0.4, -0.2) is 32.4 Å². The number of anilines is 1. The van der Waals surface area contributed by atoms with E-state index in [4.69, 9.17) is 0 Å². The van der Waals surface area contributed by atoms with Gasteiger partial charge in [-0.3, -0.25) is 14.6 Å². The van der Waals surface area contributed by atoms with Crippen molar-refractivity contribution in [3.63, 3.8) is 0 Å². The van der Waals surface area contributed by atoms with E-state index in [2.05, 4.69) is 39.8 Å². The fraction of sp³-hybridized carbons (Fsp3) is 0.353. The zero-order valence-corrected chi connectivity index (χ0v) is 15.0. The molecule has 1 aromatic carbocycles. The first kappa shape index (κ1) is 17.4. The predicted octanol–water partition coefficient (Wildman–Crippen LogP) is 2.66. The van der Waals surface area contributed by atoms with Gasteiger partial charge < -0.3 is 10.6 Å². The Morgan fingerprint density at radius 3 is 3.00 bits per heavy atom. The van der Waals surface area contributed by atoms with Crippen molar-refractivity contribution in [1.29, 1.82) is 0 Å². The number of aromatic nitrogens is 4. The van der Waals surface area contributed by atoms with Gasteiger partial charge in [0.05, 0.1) is 11.7 Å². The minimum absolute atomic E-state index is 0. The number of fused-ring (bicyclic) bond motifs is 2. The molecule has 0 aliphatic carbocycles. The van der Waals surface area contributed by atoms with E-state index < -0.39 is 0 Å². The number of carbonyl (C=O) groups excluding carboxylic acids is 1. The Balaban J connectivity index is 0.00000182. The lowest BCUT2D eigenvalue weighted by atomic mass is 10.1. The molecule has 132 valence electrons. The van der Waals surface area contributed by atoms with Crippen LogP contribution in [0.5, 0.6) is 0 Å². The van der Waals surface area contributed by atoms with Crippen LogP contribution in [0.4, 0.5) is 5.69 Å². The van der Waals surface area contributed by atoms with Crippen molar-refractivity contribution in [1.82, 2.24) is 25.3 Å². The highest BCUT2D eigenvalue weighted by atomic mass is 35.5. The normalized spacial score (nSPS) is 13.6. The fourth-order valence-corrected chi connectivity index (χ4v) is 3.13. The van der Waals surface area contributed by atoms with Crippen LogP contribution < -0.4 is 10.6 Å². The van der Waals surface area contributed by atoms with E-state index in [-0.39, 0.29) is 24.4 Å². The van der Waals surface area contributed by atoms with E-state index in [1.807, 2.05) is 29.1 Å². The molecule has 0 spiro atoms. The van der Waals surface area contributed by atoms with Crippen LogP contribution in [-0.2, 0) is 13.0 Å². The summed E-state index contributed by atoms with van der Waals surface area (Å²) in [5.74, 6) is -0.189. The lowest BCUT2D eigenvalue weighted by Gasteiger charge is -2.13. The summed E-state index contributed by atoms with van der Waals surface area (Å²) in [5.41, 5.74) is 4.23. The minimum Gasteiger partial charge on any atom is -0.321 e. The van der Waals surface area contributed by atoms with Crippen LogP contribution in [0, 0.1) is 0 Å². The lowest BCUT2D eigenvalue weighted by molar-refractivity contribution is 0.102. The predicted molar refractivity (Wildman–Crippen MR) is 99.3 cm³/mol. The Bertz CT molecular complexity index is 913. The van der Waals surface area contributed by atoms with Gasteiger partial charge in [0.25, 0.3) is 5.91 Å². The number of halogens is 1. The molecule has 0 atom stereocenters. The number of amides is 1. The first-order valence-electron chi connectivity index (χ1n) is 8.19. The van der Waals surface area contributed by atoms with Crippen LogP contribution >= 0.6 is 12.4 Å². The lowest BCUT2D eigenvalue weighted by Crippen LogP contribution is -2.25. The van der Waals surface area contributed by atoms with Crippen molar-refractivity contribution in [2.45, 2.75) is 32.9 Å². The van der Waals surface area contributed by atoms with Gasteiger partial charge in [-0.15, -0.1) is 12.4 Å². The molecular formula is C17H21ClN6O. The summed E-state index contributed by atoms with van der Waals surface area (Å²) in [6.45, 7) is 5.75. The topological polar surface area (TPSA) is 87.6 Å². The third-order valence-electron chi connectivity index (χ3n) is 4.37. The van der Waals surface area contributed by atoms with Gasteiger partial charge in [-0.2, -0.15) is 10.2 Å². The summed E-state index contributed by atoms with van der Waals surface area (Å²) in [6.07, 6.45) is 2.71. The quantitative estimate of drug-likeness (QED) is 0.670. The molecule has 1 aliphatic rings. The van der Waals surface area contributed by atoms with E-state index in [1.165, 1.54) is 0 Å². The molecule has 8 heteroatoms. The highest BCUT2D eigenvalue weighted by Crippen LogP contribution is 2.23. The van der Waals surface area contributed by atoms with Crippen LogP contribution in [0.3, 0.4) is 0 Å². The van der Waals surface area contributed by atoms with Crippen LogP contribution in [0.15, 0.2) is 24.4 Å². The average Bonchev–Trinajstić information content (AvgIpc) is 3.18. The molecule has 1 amide bonds. The maximum Gasteiger partial charge on any atom is 0.276 e. The summed E-state index contributed by atoms with van der Waals surface area (Å²) in [6, 6.07) is 6.08. The number of H-pyrrole nitrogens is 1. The monoisotopic (exact) mass is 360 g/mol. The number of aromatic amines is 1. The van der Waals surface area contributed by atoms with Crippen molar-refractivity contribution >= 4 is 34.9 Å². The van der Waals surface area contributed by atoms with Crippen molar-refractivity contribution in [2.24, 2.45) is 0 Å². The van der Waals surface area contributed by atoms with Gasteiger partial charge in [0.2, 0.25) is 0 Å². The molecule has 3 heterocycles. The maximum atomic E-state index is 12.6. The Labute approximate surface area is 151 Å². The average molecular weight is 361 g/mol. The summed E-state index contributed by atoms with van der Waals surface area (Å²) < 4.78 is 1.95. The molecule has 0 saturated heterocycles. The van der Waals surface area contributed by atoms with E-state index in [1.54, 1.807) is 0 Å². The maximum absolute atomic E-state index is 12.6. The molecule has 0 saturated carbocycles. The van der Waals surface area contributed by atoms with E-state index in [9.17, 15) is 4.79 Å². The molecule has 2 aromatic heterocycles. The minimum atomic E-state index is -0.189. The second kappa shape index (κ2) is 6.85. The van der Waals surface area contributed by atoms with E-state index >= 15 is 0 Å². The fourth-order valence-electron chi connectivity index (χ4n) is 3.13. The standard InChI is InChI=1S/C17H20N6O.ClH/c1-10(2)23-15-7-12(4-3-11(15)8-19-23)20-17(24)16-13-9-18-6-5-14(13)21-22-16;/h3-4,7-8,10,18H,5-6,9H2,1-2H3,(H,20,24)(H,21,22);1H. The number of carbonyl (C=O) groups is 1. The summed E-state index contributed by atoms with van der Waals surface area (Å²) >= 11 is 0. The third-order valence-corrected chi connectivity index (χ3v) is 4.37. The number of benzene rings is 1. The van der Waals surface area contributed by atoms with Gasteiger partial charge in [0.15, 0.2) is 5.69 Å². The van der Waals surface area contributed by atoms with Crippen molar-refractivity contribution in [2.75, 3.05) is 11.9 Å². The van der Waals surface area contributed by atoms with Gasteiger partial charge in [-0.05, 0) is 32.0 Å². The van der Waals surface area contributed by atoms with Crippen molar-refractivity contribution in [3.05, 3.63) is 41.3 Å². The molecule has 4 rings (SSSR count). The van der Waals surface area contributed by atoms with Gasteiger partial charge in [0, 0.05) is 47.9 Å². The van der Waals surface area contributed by atoms with Gasteiger partial charge in [-0.1, -0.05) is 0 Å². The molecule has 0 radical (unpaired) electrons. The number of hydrogen-bond acceptors (Lipinski definition) is 4.